The molecule has 186 valence electrons. The Morgan fingerprint density at radius 1 is 0.500 bits per heavy atom. The number of benzene rings is 4. The maximum atomic E-state index is 6.20. The van der Waals surface area contributed by atoms with E-state index in [1.807, 2.05) is 86.6 Å². The van der Waals surface area contributed by atoms with Crippen LogP contribution in [0.2, 0.25) is 0 Å². The van der Waals surface area contributed by atoms with Gasteiger partial charge >= 0.3 is 0 Å². The number of hydrogen-bond acceptors (Lipinski definition) is 6. The molecule has 0 spiro atoms. The Morgan fingerprint density at radius 2 is 0.917 bits per heavy atom. The predicted octanol–water partition coefficient (Wildman–Crippen LogP) is 8.44. The van der Waals surface area contributed by atoms with Gasteiger partial charge in [-0.05, 0) is 83.0 Å². The van der Waals surface area contributed by atoms with Gasteiger partial charge in [0.05, 0.1) is 23.0 Å². The van der Waals surface area contributed by atoms with E-state index in [1.165, 1.54) is 0 Å². The van der Waals surface area contributed by atoms with Gasteiger partial charge in [-0.3, -0.25) is 0 Å². The van der Waals surface area contributed by atoms with Gasteiger partial charge in [0.25, 0.3) is 0 Å². The Labute approximate surface area is 221 Å². The van der Waals surface area contributed by atoms with Crippen LogP contribution in [0.15, 0.2) is 107 Å². The summed E-state index contributed by atoms with van der Waals surface area (Å²) in [4.78, 5) is 1.97. The van der Waals surface area contributed by atoms with Crippen LogP contribution in [-0.2, 0) is 13.2 Å². The molecule has 0 heterocycles. The molecule has 4 nitrogen and oxygen atoms in total. The summed E-state index contributed by atoms with van der Waals surface area (Å²) >= 11 is 0. The van der Waals surface area contributed by atoms with Crippen molar-refractivity contribution in [3.63, 3.8) is 0 Å². The van der Waals surface area contributed by atoms with E-state index in [-0.39, 0.29) is 0 Å². The third-order valence-electron chi connectivity index (χ3n) is 5.15. The van der Waals surface area contributed by atoms with Crippen LogP contribution in [0.3, 0.4) is 0 Å². The van der Waals surface area contributed by atoms with Crippen molar-refractivity contribution in [1.82, 2.24) is 0 Å². The summed E-state index contributed by atoms with van der Waals surface area (Å²) in [5.74, 6) is 3.26. The first-order valence-corrected chi connectivity index (χ1v) is 14.1. The van der Waals surface area contributed by atoms with Crippen LogP contribution < -0.4 is 18.9 Å². The molecule has 0 saturated heterocycles. The van der Waals surface area contributed by atoms with Gasteiger partial charge in [-0.2, -0.15) is 0 Å². The predicted molar refractivity (Wildman–Crippen MR) is 148 cm³/mol. The average molecular weight is 519 g/mol. The molecule has 0 amide bonds. The summed E-state index contributed by atoms with van der Waals surface area (Å²) in [6.07, 6.45) is 0. The lowest BCUT2D eigenvalue weighted by Gasteiger charge is -2.15. The summed E-state index contributed by atoms with van der Waals surface area (Å²) < 4.78 is 23.9. The molecule has 0 aliphatic heterocycles. The van der Waals surface area contributed by atoms with E-state index in [1.54, 1.807) is 21.6 Å². The first-order chi connectivity index (χ1) is 17.7. The molecule has 0 aliphatic carbocycles. The van der Waals surface area contributed by atoms with E-state index in [2.05, 4.69) is 24.3 Å². The van der Waals surface area contributed by atoms with Crippen molar-refractivity contribution in [2.45, 2.75) is 36.9 Å². The second-order valence-corrected chi connectivity index (χ2v) is 10.0. The Kier molecular flexibility index (Phi) is 9.88. The molecule has 0 fully saturated rings. The van der Waals surface area contributed by atoms with Gasteiger partial charge in [0.15, 0.2) is 0 Å². The molecule has 4 rings (SSSR count). The number of hydrogen-bond donors (Lipinski definition) is 0. The highest BCUT2D eigenvalue weighted by atomic mass is 33.1. The zero-order valence-corrected chi connectivity index (χ0v) is 22.1. The average Bonchev–Trinajstić information content (AvgIpc) is 2.92. The maximum Gasteiger partial charge on any atom is 0.134 e. The Bertz CT molecular complexity index is 1120. The fourth-order valence-corrected chi connectivity index (χ4v) is 5.67. The summed E-state index contributed by atoms with van der Waals surface area (Å²) in [6.45, 7) is 6.18. The summed E-state index contributed by atoms with van der Waals surface area (Å²) in [6, 6.07) is 32.2. The Hall–Kier alpha value is -3.22. The van der Waals surface area contributed by atoms with Crippen LogP contribution in [0, 0.1) is 0 Å². The number of ether oxygens (including phenoxy) is 4. The Morgan fingerprint density at radius 3 is 1.31 bits per heavy atom. The highest BCUT2D eigenvalue weighted by Gasteiger charge is 2.13. The highest BCUT2D eigenvalue weighted by molar-refractivity contribution is 8.76. The highest BCUT2D eigenvalue weighted by Crippen LogP contribution is 2.47. The maximum absolute atomic E-state index is 6.20. The van der Waals surface area contributed by atoms with Gasteiger partial charge in [-0.15, -0.1) is 0 Å². The van der Waals surface area contributed by atoms with Crippen molar-refractivity contribution in [3.8, 4) is 23.0 Å². The van der Waals surface area contributed by atoms with Gasteiger partial charge in [0.1, 0.15) is 36.2 Å². The monoisotopic (exact) mass is 518 g/mol. The van der Waals surface area contributed by atoms with Crippen molar-refractivity contribution >= 4 is 21.6 Å². The molecule has 0 N–H and O–H groups in total. The zero-order chi connectivity index (χ0) is 25.0. The molecule has 0 bridgehead atoms. The molecular weight excluding hydrogens is 488 g/mol. The molecule has 0 aromatic heterocycles. The fraction of sp³-hybridized carbons (Fsp3) is 0.200. The van der Waals surface area contributed by atoms with Crippen molar-refractivity contribution in [1.29, 1.82) is 0 Å². The van der Waals surface area contributed by atoms with Gasteiger partial charge in [-0.25, -0.2) is 0 Å². The molecule has 4 aromatic rings. The smallest absolute Gasteiger partial charge is 0.134 e. The minimum atomic E-state index is 0.498. The van der Waals surface area contributed by atoms with Crippen LogP contribution >= 0.6 is 21.6 Å². The molecule has 0 aliphatic rings. The quantitative estimate of drug-likeness (QED) is 0.165. The van der Waals surface area contributed by atoms with E-state index in [0.717, 1.165) is 43.9 Å². The fourth-order valence-electron chi connectivity index (χ4n) is 3.42. The summed E-state index contributed by atoms with van der Waals surface area (Å²) in [5, 5.41) is 0. The first-order valence-electron chi connectivity index (χ1n) is 12.0. The SMILES string of the molecule is CCOc1ccc(OCc2ccccc2)c(SSc2cc(OCC)ccc2OCc2ccccc2)c1. The van der Waals surface area contributed by atoms with Gasteiger partial charge in [0, 0.05) is 0 Å². The molecule has 4 aromatic carbocycles. The normalized spacial score (nSPS) is 10.6. The van der Waals surface area contributed by atoms with E-state index in [9.17, 15) is 0 Å². The van der Waals surface area contributed by atoms with Crippen LogP contribution in [0.1, 0.15) is 25.0 Å². The second kappa shape index (κ2) is 13.8. The summed E-state index contributed by atoms with van der Waals surface area (Å²) in [7, 11) is 3.23. The van der Waals surface area contributed by atoms with Crippen molar-refractivity contribution in [2.24, 2.45) is 0 Å². The lowest BCUT2D eigenvalue weighted by atomic mass is 10.2. The topological polar surface area (TPSA) is 36.9 Å². The minimum absolute atomic E-state index is 0.498. The number of rotatable bonds is 13. The van der Waals surface area contributed by atoms with E-state index >= 15 is 0 Å². The molecule has 36 heavy (non-hydrogen) atoms. The molecule has 0 atom stereocenters. The van der Waals surface area contributed by atoms with Crippen LogP contribution in [0.25, 0.3) is 0 Å². The van der Waals surface area contributed by atoms with E-state index < -0.39 is 0 Å². The largest absolute Gasteiger partial charge is 0.494 e. The van der Waals surface area contributed by atoms with Gasteiger partial charge in [0.2, 0.25) is 0 Å². The van der Waals surface area contributed by atoms with Crippen molar-refractivity contribution in [3.05, 3.63) is 108 Å². The standard InChI is InChI=1S/C30H30O4S2/c1-3-31-25-15-17-27(33-21-23-11-7-5-8-12-23)29(19-25)35-36-30-20-26(32-4-2)16-18-28(30)34-22-24-13-9-6-10-14-24/h5-20H,3-4,21-22H2,1-2H3. The minimum Gasteiger partial charge on any atom is -0.494 e. The molecule has 6 heteroatoms. The third kappa shape index (κ3) is 7.64. The van der Waals surface area contributed by atoms with E-state index in [0.29, 0.717) is 26.4 Å². The van der Waals surface area contributed by atoms with Gasteiger partial charge in [-0.1, -0.05) is 60.7 Å². The lowest BCUT2D eigenvalue weighted by Crippen LogP contribution is -1.98. The van der Waals surface area contributed by atoms with Gasteiger partial charge < -0.3 is 18.9 Å². The summed E-state index contributed by atoms with van der Waals surface area (Å²) in [5.41, 5.74) is 2.24. The van der Waals surface area contributed by atoms with Crippen molar-refractivity contribution in [2.75, 3.05) is 13.2 Å². The Balaban J connectivity index is 1.53. The third-order valence-corrected chi connectivity index (χ3v) is 7.56. The molecular formula is C30H30O4S2. The van der Waals surface area contributed by atoms with Crippen LogP contribution in [0.5, 0.6) is 23.0 Å². The van der Waals surface area contributed by atoms with Crippen LogP contribution in [0.4, 0.5) is 0 Å². The molecule has 0 unspecified atom stereocenters. The lowest BCUT2D eigenvalue weighted by molar-refractivity contribution is 0.296. The van der Waals surface area contributed by atoms with Crippen molar-refractivity contribution < 1.29 is 18.9 Å². The first kappa shape index (κ1) is 25.9. The van der Waals surface area contributed by atoms with E-state index in [4.69, 9.17) is 18.9 Å². The molecule has 0 saturated carbocycles. The van der Waals surface area contributed by atoms with Crippen LogP contribution in [-0.4, -0.2) is 13.2 Å². The molecule has 0 radical (unpaired) electrons. The zero-order valence-electron chi connectivity index (χ0n) is 20.5. The second-order valence-electron chi connectivity index (χ2n) is 7.80.